The number of nitrogens with zero attached hydrogens (tertiary/aromatic N) is 3. The van der Waals surface area contributed by atoms with E-state index in [-0.39, 0.29) is 5.75 Å². The summed E-state index contributed by atoms with van der Waals surface area (Å²) in [5.74, 6) is 0.921. The van der Waals surface area contributed by atoms with E-state index in [2.05, 4.69) is 20.0 Å². The minimum Gasteiger partial charge on any atom is -0.378 e. The van der Waals surface area contributed by atoms with Crippen LogP contribution in [0.5, 0.6) is 0 Å². The van der Waals surface area contributed by atoms with Crippen LogP contribution >= 0.6 is 11.6 Å². The monoisotopic (exact) mass is 411 g/mol. The maximum absolute atomic E-state index is 11.7. The number of halogens is 1. The Balaban J connectivity index is 1.83. The SMILES string of the molecule is CN(C)c1ccc(-c2ccnc(NCCCNS(=O)(=O)CCCCl)n2)cc1. The van der Waals surface area contributed by atoms with Crippen LogP contribution in [0.2, 0.25) is 0 Å². The second kappa shape index (κ2) is 10.4. The molecule has 0 saturated carbocycles. The van der Waals surface area contributed by atoms with Crippen LogP contribution in [0.25, 0.3) is 11.3 Å². The molecule has 2 N–H and O–H groups in total. The largest absolute Gasteiger partial charge is 0.378 e. The molecular weight excluding hydrogens is 386 g/mol. The Morgan fingerprint density at radius 1 is 1.07 bits per heavy atom. The highest BCUT2D eigenvalue weighted by atomic mass is 35.5. The van der Waals surface area contributed by atoms with Crippen molar-refractivity contribution < 1.29 is 8.42 Å². The Labute approximate surface area is 166 Å². The lowest BCUT2D eigenvalue weighted by Crippen LogP contribution is -2.28. The zero-order chi connectivity index (χ0) is 19.7. The fourth-order valence-electron chi connectivity index (χ4n) is 2.37. The van der Waals surface area contributed by atoms with Crippen molar-refractivity contribution in [2.45, 2.75) is 12.8 Å². The standard InChI is InChI=1S/C18H26ClN5O2S/c1-24(2)16-7-5-15(6-8-16)17-9-13-21-18(23-17)20-11-4-12-22-27(25,26)14-3-10-19/h5-9,13,22H,3-4,10-12,14H2,1-2H3,(H,20,21,23). The summed E-state index contributed by atoms with van der Waals surface area (Å²) in [7, 11) is 0.761. The van der Waals surface area contributed by atoms with E-state index in [9.17, 15) is 8.42 Å². The third kappa shape index (κ3) is 7.32. The summed E-state index contributed by atoms with van der Waals surface area (Å²) in [5, 5.41) is 3.13. The second-order valence-corrected chi connectivity index (χ2v) is 8.55. The first-order valence-corrected chi connectivity index (χ1v) is 11.0. The van der Waals surface area contributed by atoms with Crippen LogP contribution in [0.4, 0.5) is 11.6 Å². The summed E-state index contributed by atoms with van der Waals surface area (Å²) in [6.07, 6.45) is 2.79. The fraction of sp³-hybridized carbons (Fsp3) is 0.444. The van der Waals surface area contributed by atoms with E-state index in [0.29, 0.717) is 37.8 Å². The molecule has 148 valence electrons. The molecule has 0 fully saturated rings. The van der Waals surface area contributed by atoms with E-state index < -0.39 is 10.0 Å². The molecule has 0 amide bonds. The number of hydrogen-bond acceptors (Lipinski definition) is 6. The van der Waals surface area contributed by atoms with Gasteiger partial charge in [-0.2, -0.15) is 0 Å². The minimum atomic E-state index is -3.24. The molecule has 0 aliphatic heterocycles. The van der Waals surface area contributed by atoms with Crippen molar-refractivity contribution in [3.05, 3.63) is 36.5 Å². The third-order valence-corrected chi connectivity index (χ3v) is 5.58. The predicted molar refractivity (Wildman–Crippen MR) is 112 cm³/mol. The molecule has 7 nitrogen and oxygen atoms in total. The first-order valence-electron chi connectivity index (χ1n) is 8.79. The second-order valence-electron chi connectivity index (χ2n) is 6.24. The Kier molecular flexibility index (Phi) is 8.27. The molecular formula is C18H26ClN5O2S. The van der Waals surface area contributed by atoms with E-state index in [1.165, 1.54) is 0 Å². The minimum absolute atomic E-state index is 0.0572. The van der Waals surface area contributed by atoms with Gasteiger partial charge >= 0.3 is 0 Å². The number of rotatable bonds is 11. The number of benzene rings is 1. The van der Waals surface area contributed by atoms with Gasteiger partial charge in [0.15, 0.2) is 0 Å². The number of anilines is 2. The lowest BCUT2D eigenvalue weighted by molar-refractivity contribution is 0.579. The molecule has 0 atom stereocenters. The van der Waals surface area contributed by atoms with Crippen LogP contribution in [-0.4, -0.2) is 57.2 Å². The van der Waals surface area contributed by atoms with Gasteiger partial charge in [0.25, 0.3) is 0 Å². The van der Waals surface area contributed by atoms with Gasteiger partial charge in [-0.3, -0.25) is 0 Å². The van der Waals surface area contributed by atoms with Crippen LogP contribution in [0.1, 0.15) is 12.8 Å². The summed E-state index contributed by atoms with van der Waals surface area (Å²) in [5.41, 5.74) is 2.97. The molecule has 0 aliphatic rings. The van der Waals surface area contributed by atoms with Crippen LogP contribution in [0.15, 0.2) is 36.5 Å². The van der Waals surface area contributed by atoms with Crippen molar-refractivity contribution in [3.63, 3.8) is 0 Å². The van der Waals surface area contributed by atoms with Gasteiger partial charge in [-0.25, -0.2) is 23.1 Å². The van der Waals surface area contributed by atoms with Gasteiger partial charge in [0.2, 0.25) is 16.0 Å². The molecule has 0 spiro atoms. The molecule has 0 bridgehead atoms. The van der Waals surface area contributed by atoms with Crippen molar-refractivity contribution >= 4 is 33.3 Å². The molecule has 1 aromatic heterocycles. The zero-order valence-corrected chi connectivity index (χ0v) is 17.2. The molecule has 1 heterocycles. The van der Waals surface area contributed by atoms with Crippen molar-refractivity contribution in [1.82, 2.24) is 14.7 Å². The van der Waals surface area contributed by atoms with E-state index in [0.717, 1.165) is 16.9 Å². The van der Waals surface area contributed by atoms with Gasteiger partial charge in [0, 0.05) is 50.5 Å². The predicted octanol–water partition coefficient (Wildman–Crippen LogP) is 2.56. The summed E-state index contributed by atoms with van der Waals surface area (Å²) in [6.45, 7) is 0.935. The number of nitrogens with one attached hydrogen (secondary N) is 2. The maximum atomic E-state index is 11.7. The quantitative estimate of drug-likeness (QED) is 0.436. The first kappa shape index (κ1) is 21.4. The van der Waals surface area contributed by atoms with E-state index in [1.54, 1.807) is 6.20 Å². The third-order valence-electron chi connectivity index (χ3n) is 3.84. The average Bonchev–Trinajstić information content (AvgIpc) is 2.66. The molecule has 0 radical (unpaired) electrons. The van der Waals surface area contributed by atoms with Crippen molar-refractivity contribution in [1.29, 1.82) is 0 Å². The number of hydrogen-bond donors (Lipinski definition) is 2. The van der Waals surface area contributed by atoms with Crippen LogP contribution in [0, 0.1) is 0 Å². The highest BCUT2D eigenvalue weighted by Gasteiger charge is 2.08. The molecule has 27 heavy (non-hydrogen) atoms. The van der Waals surface area contributed by atoms with Crippen molar-refractivity contribution in [2.75, 3.05) is 49.0 Å². The molecule has 2 aromatic rings. The highest BCUT2D eigenvalue weighted by molar-refractivity contribution is 7.89. The Morgan fingerprint density at radius 3 is 2.48 bits per heavy atom. The number of sulfonamides is 1. The molecule has 0 saturated heterocycles. The molecule has 2 rings (SSSR count). The van der Waals surface area contributed by atoms with E-state index in [1.807, 2.05) is 49.3 Å². The smallest absolute Gasteiger partial charge is 0.223 e. The van der Waals surface area contributed by atoms with Crippen LogP contribution in [-0.2, 0) is 10.0 Å². The normalized spacial score (nSPS) is 11.4. The molecule has 9 heteroatoms. The Hall–Kier alpha value is -1.90. The van der Waals surface area contributed by atoms with Crippen LogP contribution in [0.3, 0.4) is 0 Å². The Bertz CT molecular complexity index is 813. The Morgan fingerprint density at radius 2 is 1.81 bits per heavy atom. The lowest BCUT2D eigenvalue weighted by Gasteiger charge is -2.12. The van der Waals surface area contributed by atoms with Crippen molar-refractivity contribution in [3.8, 4) is 11.3 Å². The maximum Gasteiger partial charge on any atom is 0.223 e. The van der Waals surface area contributed by atoms with Gasteiger partial charge in [0.1, 0.15) is 0 Å². The number of alkyl halides is 1. The van der Waals surface area contributed by atoms with E-state index in [4.69, 9.17) is 11.6 Å². The molecule has 1 aromatic carbocycles. The van der Waals surface area contributed by atoms with Gasteiger partial charge in [0.05, 0.1) is 11.4 Å². The summed E-state index contributed by atoms with van der Waals surface area (Å²) >= 11 is 5.52. The van der Waals surface area contributed by atoms with Gasteiger partial charge in [-0.15, -0.1) is 11.6 Å². The van der Waals surface area contributed by atoms with Crippen LogP contribution < -0.4 is 14.9 Å². The van der Waals surface area contributed by atoms with Gasteiger partial charge < -0.3 is 10.2 Å². The summed E-state index contributed by atoms with van der Waals surface area (Å²) in [6, 6.07) is 10.00. The van der Waals surface area contributed by atoms with Crippen molar-refractivity contribution in [2.24, 2.45) is 0 Å². The van der Waals surface area contributed by atoms with Gasteiger partial charge in [-0.1, -0.05) is 12.1 Å². The average molecular weight is 412 g/mol. The molecule has 0 aliphatic carbocycles. The van der Waals surface area contributed by atoms with Gasteiger partial charge in [-0.05, 0) is 31.0 Å². The first-order chi connectivity index (χ1) is 12.9. The summed E-state index contributed by atoms with van der Waals surface area (Å²) in [4.78, 5) is 10.8. The topological polar surface area (TPSA) is 87.2 Å². The fourth-order valence-corrected chi connectivity index (χ4v) is 3.78. The van der Waals surface area contributed by atoms with E-state index >= 15 is 0 Å². The number of aromatic nitrogens is 2. The summed E-state index contributed by atoms with van der Waals surface area (Å²) < 4.78 is 25.9. The lowest BCUT2D eigenvalue weighted by atomic mass is 10.1. The zero-order valence-electron chi connectivity index (χ0n) is 15.7. The highest BCUT2D eigenvalue weighted by Crippen LogP contribution is 2.21. The molecule has 0 unspecified atom stereocenters.